The Balaban J connectivity index is 1.90. The van der Waals surface area contributed by atoms with Gasteiger partial charge in [0.05, 0.1) is 6.10 Å². The summed E-state index contributed by atoms with van der Waals surface area (Å²) in [5, 5.41) is 11.1. The maximum Gasteiger partial charge on any atom is 0.0844 e. The van der Waals surface area contributed by atoms with E-state index >= 15 is 0 Å². The van der Waals surface area contributed by atoms with Crippen LogP contribution in [0.2, 0.25) is 5.02 Å². The summed E-state index contributed by atoms with van der Waals surface area (Å²) in [6.07, 6.45) is -0.0581. The lowest BCUT2D eigenvalue weighted by Crippen LogP contribution is -2.03. The molecule has 1 unspecified atom stereocenters. The molecule has 0 aliphatic carbocycles. The van der Waals surface area contributed by atoms with Crippen LogP contribution in [0.1, 0.15) is 17.2 Å². The van der Waals surface area contributed by atoms with Crippen LogP contribution in [0, 0.1) is 0 Å². The second kappa shape index (κ2) is 6.78. The van der Waals surface area contributed by atoms with Crippen LogP contribution >= 0.6 is 11.6 Å². The van der Waals surface area contributed by atoms with Gasteiger partial charge in [-0.15, -0.1) is 0 Å². The van der Waals surface area contributed by atoms with E-state index in [1.807, 2.05) is 66.7 Å². The Labute approximate surface area is 135 Å². The van der Waals surface area contributed by atoms with E-state index in [4.69, 9.17) is 11.6 Å². The summed E-state index contributed by atoms with van der Waals surface area (Å²) in [6, 6.07) is 25.9. The SMILES string of the molecule is OC(Cc1ccccc1)c1cc(-c2ccccc2)ccc1Cl. The Bertz CT molecular complexity index is 738. The van der Waals surface area contributed by atoms with Crippen molar-refractivity contribution >= 4 is 11.6 Å². The minimum atomic E-state index is -0.612. The van der Waals surface area contributed by atoms with Gasteiger partial charge in [0.2, 0.25) is 0 Å². The molecule has 1 N–H and O–H groups in total. The number of halogens is 1. The van der Waals surface area contributed by atoms with E-state index in [2.05, 4.69) is 12.1 Å². The maximum atomic E-state index is 10.5. The van der Waals surface area contributed by atoms with Gasteiger partial charge in [-0.2, -0.15) is 0 Å². The third-order valence-corrected chi connectivity index (χ3v) is 4.08. The first-order chi connectivity index (χ1) is 10.7. The lowest BCUT2D eigenvalue weighted by atomic mass is 9.97. The van der Waals surface area contributed by atoms with Gasteiger partial charge >= 0.3 is 0 Å². The van der Waals surface area contributed by atoms with Crippen LogP contribution in [-0.4, -0.2) is 5.11 Å². The fraction of sp³-hybridized carbons (Fsp3) is 0.100. The average molecular weight is 309 g/mol. The van der Waals surface area contributed by atoms with Crippen molar-refractivity contribution in [3.8, 4) is 11.1 Å². The molecule has 3 aromatic rings. The fourth-order valence-electron chi connectivity index (χ4n) is 2.56. The second-order valence-electron chi connectivity index (χ2n) is 5.31. The summed E-state index contributed by atoms with van der Waals surface area (Å²) in [4.78, 5) is 0. The van der Waals surface area contributed by atoms with E-state index in [1.165, 1.54) is 0 Å². The second-order valence-corrected chi connectivity index (χ2v) is 5.72. The molecule has 2 heteroatoms. The Morgan fingerprint density at radius 2 is 1.41 bits per heavy atom. The van der Waals surface area contributed by atoms with Gasteiger partial charge in [-0.1, -0.05) is 78.3 Å². The van der Waals surface area contributed by atoms with Crippen LogP contribution in [0.15, 0.2) is 78.9 Å². The molecule has 22 heavy (non-hydrogen) atoms. The maximum absolute atomic E-state index is 10.5. The summed E-state index contributed by atoms with van der Waals surface area (Å²) in [5.74, 6) is 0. The first-order valence-corrected chi connectivity index (χ1v) is 7.69. The molecule has 3 rings (SSSR count). The molecule has 0 saturated heterocycles. The van der Waals surface area contributed by atoms with Crippen molar-refractivity contribution in [2.45, 2.75) is 12.5 Å². The quantitative estimate of drug-likeness (QED) is 0.695. The first kappa shape index (κ1) is 14.8. The van der Waals surface area contributed by atoms with Gasteiger partial charge in [-0.05, 0) is 28.8 Å². The largest absolute Gasteiger partial charge is 0.388 e. The van der Waals surface area contributed by atoms with Crippen molar-refractivity contribution in [2.75, 3.05) is 0 Å². The van der Waals surface area contributed by atoms with Gasteiger partial charge in [0.1, 0.15) is 0 Å². The Hall–Kier alpha value is -2.09. The molecular formula is C20H17ClO. The smallest absolute Gasteiger partial charge is 0.0844 e. The van der Waals surface area contributed by atoms with Gasteiger partial charge in [0.15, 0.2) is 0 Å². The van der Waals surface area contributed by atoms with Crippen LogP contribution in [-0.2, 0) is 6.42 Å². The van der Waals surface area contributed by atoms with E-state index in [9.17, 15) is 5.11 Å². The summed E-state index contributed by atoms with van der Waals surface area (Å²) in [6.45, 7) is 0. The molecule has 1 nitrogen and oxygen atoms in total. The molecule has 0 amide bonds. The third kappa shape index (κ3) is 3.38. The third-order valence-electron chi connectivity index (χ3n) is 3.73. The zero-order valence-corrected chi connectivity index (χ0v) is 12.9. The first-order valence-electron chi connectivity index (χ1n) is 7.31. The molecule has 3 aromatic carbocycles. The molecule has 0 aromatic heterocycles. The van der Waals surface area contributed by atoms with E-state index in [1.54, 1.807) is 0 Å². The number of aliphatic hydroxyl groups excluding tert-OH is 1. The van der Waals surface area contributed by atoms with E-state index in [0.717, 1.165) is 22.3 Å². The summed E-state index contributed by atoms with van der Waals surface area (Å²) >= 11 is 6.28. The van der Waals surface area contributed by atoms with Crippen molar-refractivity contribution in [2.24, 2.45) is 0 Å². The highest BCUT2D eigenvalue weighted by molar-refractivity contribution is 6.31. The predicted molar refractivity (Wildman–Crippen MR) is 92.0 cm³/mol. The van der Waals surface area contributed by atoms with Crippen molar-refractivity contribution < 1.29 is 5.11 Å². The predicted octanol–water partition coefficient (Wildman–Crippen LogP) is 5.28. The molecule has 0 spiro atoms. The van der Waals surface area contributed by atoms with Gasteiger partial charge in [0.25, 0.3) is 0 Å². The monoisotopic (exact) mass is 308 g/mol. The molecule has 0 heterocycles. The highest BCUT2D eigenvalue weighted by atomic mass is 35.5. The molecule has 0 aliphatic rings. The van der Waals surface area contributed by atoms with Crippen molar-refractivity contribution in [1.82, 2.24) is 0 Å². The van der Waals surface area contributed by atoms with Crippen LogP contribution in [0.25, 0.3) is 11.1 Å². The highest BCUT2D eigenvalue weighted by Crippen LogP contribution is 2.30. The van der Waals surface area contributed by atoms with Crippen LogP contribution in [0.5, 0.6) is 0 Å². The molecule has 110 valence electrons. The topological polar surface area (TPSA) is 20.2 Å². The average Bonchev–Trinajstić information content (AvgIpc) is 2.57. The minimum Gasteiger partial charge on any atom is -0.388 e. The molecule has 1 atom stereocenters. The zero-order chi connectivity index (χ0) is 15.4. The Morgan fingerprint density at radius 1 is 0.773 bits per heavy atom. The lowest BCUT2D eigenvalue weighted by molar-refractivity contribution is 0.178. The number of hydrogen-bond acceptors (Lipinski definition) is 1. The minimum absolute atomic E-state index is 0.554. The number of hydrogen-bond donors (Lipinski definition) is 1. The summed E-state index contributed by atoms with van der Waals surface area (Å²) in [5.41, 5.74) is 4.04. The van der Waals surface area contributed by atoms with Crippen molar-refractivity contribution in [3.63, 3.8) is 0 Å². The van der Waals surface area contributed by atoms with Gasteiger partial charge < -0.3 is 5.11 Å². The fourth-order valence-corrected chi connectivity index (χ4v) is 2.80. The van der Waals surface area contributed by atoms with Crippen molar-refractivity contribution in [3.05, 3.63) is 95.0 Å². The van der Waals surface area contributed by atoms with Gasteiger partial charge in [0, 0.05) is 17.0 Å². The summed E-state index contributed by atoms with van der Waals surface area (Å²) < 4.78 is 0. The van der Waals surface area contributed by atoms with Gasteiger partial charge in [-0.25, -0.2) is 0 Å². The molecular weight excluding hydrogens is 292 g/mol. The summed E-state index contributed by atoms with van der Waals surface area (Å²) in [7, 11) is 0. The van der Waals surface area contributed by atoms with E-state index < -0.39 is 6.10 Å². The van der Waals surface area contributed by atoms with Crippen LogP contribution < -0.4 is 0 Å². The number of benzene rings is 3. The molecule has 0 saturated carbocycles. The number of aliphatic hydroxyl groups is 1. The molecule has 0 radical (unpaired) electrons. The Kier molecular flexibility index (Phi) is 4.57. The molecule has 0 fully saturated rings. The molecule has 0 aliphatic heterocycles. The Morgan fingerprint density at radius 3 is 2.09 bits per heavy atom. The van der Waals surface area contributed by atoms with Gasteiger partial charge in [-0.3, -0.25) is 0 Å². The normalized spacial score (nSPS) is 12.1. The van der Waals surface area contributed by atoms with Crippen LogP contribution in [0.4, 0.5) is 0 Å². The standard InChI is InChI=1S/C20H17ClO/c21-19-12-11-17(16-9-5-2-6-10-16)14-18(19)20(22)13-15-7-3-1-4-8-15/h1-12,14,20,22H,13H2. The molecule has 0 bridgehead atoms. The van der Waals surface area contributed by atoms with Crippen LogP contribution in [0.3, 0.4) is 0 Å². The van der Waals surface area contributed by atoms with E-state index in [-0.39, 0.29) is 0 Å². The van der Waals surface area contributed by atoms with Crippen molar-refractivity contribution in [1.29, 1.82) is 0 Å². The zero-order valence-electron chi connectivity index (χ0n) is 12.1. The van der Waals surface area contributed by atoms with E-state index in [0.29, 0.717) is 11.4 Å². The number of rotatable bonds is 4. The lowest BCUT2D eigenvalue weighted by Gasteiger charge is -2.14. The highest BCUT2D eigenvalue weighted by Gasteiger charge is 2.13.